The lowest BCUT2D eigenvalue weighted by molar-refractivity contribution is 0.722. The van der Waals surface area contributed by atoms with E-state index in [2.05, 4.69) is 43.3 Å². The van der Waals surface area contributed by atoms with Crippen molar-refractivity contribution in [2.75, 3.05) is 0 Å². The number of nitrogens with two attached hydrogens (primary N) is 1. The van der Waals surface area contributed by atoms with Crippen molar-refractivity contribution in [2.45, 2.75) is 33.2 Å². The molecule has 96 valence electrons. The Kier molecular flexibility index (Phi) is 6.16. The molecule has 0 heterocycles. The van der Waals surface area contributed by atoms with Crippen molar-refractivity contribution in [2.24, 2.45) is 5.73 Å². The second-order valence-corrected chi connectivity index (χ2v) is 4.21. The van der Waals surface area contributed by atoms with Crippen molar-refractivity contribution >= 4 is 0 Å². The highest BCUT2D eigenvalue weighted by molar-refractivity contribution is 5.25. The molecule has 0 aliphatic carbocycles. The van der Waals surface area contributed by atoms with Crippen molar-refractivity contribution in [3.63, 3.8) is 0 Å². The Morgan fingerprint density at radius 1 is 0.889 bits per heavy atom. The van der Waals surface area contributed by atoms with E-state index >= 15 is 0 Å². The van der Waals surface area contributed by atoms with Crippen LogP contribution in [0.3, 0.4) is 0 Å². The molecule has 0 spiro atoms. The minimum Gasteiger partial charge on any atom is -0.324 e. The van der Waals surface area contributed by atoms with Gasteiger partial charge in [0.1, 0.15) is 0 Å². The van der Waals surface area contributed by atoms with Crippen LogP contribution in [0.1, 0.15) is 36.6 Å². The first-order chi connectivity index (χ1) is 8.75. The summed E-state index contributed by atoms with van der Waals surface area (Å²) in [6, 6.07) is 18.9. The van der Waals surface area contributed by atoms with Crippen LogP contribution in [0.15, 0.2) is 54.6 Å². The monoisotopic (exact) mass is 241 g/mol. The van der Waals surface area contributed by atoms with Crippen LogP contribution in [-0.2, 0) is 6.42 Å². The van der Waals surface area contributed by atoms with Gasteiger partial charge in [-0.1, -0.05) is 74.0 Å². The van der Waals surface area contributed by atoms with E-state index in [0.717, 1.165) is 6.42 Å². The summed E-state index contributed by atoms with van der Waals surface area (Å²) in [5, 5.41) is 0. The molecule has 0 aliphatic rings. The molecular weight excluding hydrogens is 218 g/mol. The van der Waals surface area contributed by atoms with Crippen molar-refractivity contribution in [1.29, 1.82) is 0 Å². The third kappa shape index (κ3) is 4.34. The van der Waals surface area contributed by atoms with Crippen LogP contribution < -0.4 is 5.73 Å². The molecule has 1 heteroatoms. The van der Waals surface area contributed by atoms with Gasteiger partial charge in [-0.15, -0.1) is 0 Å². The fraction of sp³-hybridized carbons (Fsp3) is 0.294. The molecule has 2 rings (SSSR count). The third-order valence-electron chi connectivity index (χ3n) is 2.80. The van der Waals surface area contributed by atoms with Crippen LogP contribution in [0.2, 0.25) is 0 Å². The zero-order valence-corrected chi connectivity index (χ0v) is 11.6. The predicted molar refractivity (Wildman–Crippen MR) is 79.6 cm³/mol. The maximum atomic E-state index is 6.17. The van der Waals surface area contributed by atoms with E-state index in [4.69, 9.17) is 5.73 Å². The lowest BCUT2D eigenvalue weighted by Crippen LogP contribution is -2.13. The zero-order chi connectivity index (χ0) is 13.4. The summed E-state index contributed by atoms with van der Waals surface area (Å²) in [5.41, 5.74) is 9.94. The SMILES string of the molecule is CC.Cc1ccc(CC(N)c2ccccc2)cc1. The van der Waals surface area contributed by atoms with Crippen molar-refractivity contribution < 1.29 is 0 Å². The van der Waals surface area contributed by atoms with Crippen LogP contribution in [0, 0.1) is 6.92 Å². The van der Waals surface area contributed by atoms with Gasteiger partial charge in [0, 0.05) is 6.04 Å². The third-order valence-corrected chi connectivity index (χ3v) is 2.80. The standard InChI is InChI=1S/C15H17N.C2H6/c1-12-7-9-13(10-8-12)11-15(16)14-5-3-2-4-6-14;1-2/h2-10,15H,11,16H2,1H3;1-2H3. The van der Waals surface area contributed by atoms with E-state index in [0.29, 0.717) is 0 Å². The number of rotatable bonds is 3. The van der Waals surface area contributed by atoms with Gasteiger partial charge < -0.3 is 5.73 Å². The topological polar surface area (TPSA) is 26.0 Å². The smallest absolute Gasteiger partial charge is 0.0335 e. The van der Waals surface area contributed by atoms with Gasteiger partial charge in [0.05, 0.1) is 0 Å². The average molecular weight is 241 g/mol. The Hall–Kier alpha value is -1.60. The first-order valence-corrected chi connectivity index (χ1v) is 6.62. The van der Waals surface area contributed by atoms with Gasteiger partial charge >= 0.3 is 0 Å². The van der Waals surface area contributed by atoms with E-state index in [1.807, 2.05) is 32.0 Å². The fourth-order valence-corrected chi connectivity index (χ4v) is 1.80. The van der Waals surface area contributed by atoms with E-state index in [1.54, 1.807) is 0 Å². The maximum absolute atomic E-state index is 6.17. The number of benzene rings is 2. The molecule has 0 amide bonds. The number of aryl methyl sites for hydroxylation is 1. The minimum atomic E-state index is 0.0870. The molecule has 0 fully saturated rings. The fourth-order valence-electron chi connectivity index (χ4n) is 1.80. The first kappa shape index (κ1) is 14.5. The number of hydrogen-bond donors (Lipinski definition) is 1. The van der Waals surface area contributed by atoms with E-state index in [-0.39, 0.29) is 6.04 Å². The molecule has 18 heavy (non-hydrogen) atoms. The molecule has 2 aromatic carbocycles. The minimum absolute atomic E-state index is 0.0870. The van der Waals surface area contributed by atoms with Gasteiger partial charge in [0.25, 0.3) is 0 Å². The molecule has 0 saturated heterocycles. The lowest BCUT2D eigenvalue weighted by atomic mass is 9.99. The normalized spacial score (nSPS) is 11.3. The zero-order valence-electron chi connectivity index (χ0n) is 11.6. The Balaban J connectivity index is 0.000000771. The molecule has 1 atom stereocenters. The quantitative estimate of drug-likeness (QED) is 0.853. The molecule has 0 aliphatic heterocycles. The van der Waals surface area contributed by atoms with Crippen molar-refractivity contribution in [3.05, 3.63) is 71.3 Å². The summed E-state index contributed by atoms with van der Waals surface area (Å²) < 4.78 is 0. The summed E-state index contributed by atoms with van der Waals surface area (Å²) in [6.07, 6.45) is 0.893. The highest BCUT2D eigenvalue weighted by Gasteiger charge is 2.05. The average Bonchev–Trinajstić information content (AvgIpc) is 2.44. The van der Waals surface area contributed by atoms with Gasteiger partial charge in [0.2, 0.25) is 0 Å². The van der Waals surface area contributed by atoms with Gasteiger partial charge in [-0.2, -0.15) is 0 Å². The van der Waals surface area contributed by atoms with E-state index in [1.165, 1.54) is 16.7 Å². The summed E-state index contributed by atoms with van der Waals surface area (Å²) >= 11 is 0. The number of hydrogen-bond acceptors (Lipinski definition) is 1. The summed E-state index contributed by atoms with van der Waals surface area (Å²) in [4.78, 5) is 0. The Labute approximate surface area is 111 Å². The van der Waals surface area contributed by atoms with Crippen LogP contribution in [-0.4, -0.2) is 0 Å². The largest absolute Gasteiger partial charge is 0.324 e. The second kappa shape index (κ2) is 7.67. The summed E-state index contributed by atoms with van der Waals surface area (Å²) in [7, 11) is 0. The Morgan fingerprint density at radius 3 is 2.00 bits per heavy atom. The first-order valence-electron chi connectivity index (χ1n) is 6.62. The second-order valence-electron chi connectivity index (χ2n) is 4.21. The van der Waals surface area contributed by atoms with Crippen LogP contribution in [0.4, 0.5) is 0 Å². The van der Waals surface area contributed by atoms with Crippen LogP contribution in [0.5, 0.6) is 0 Å². The van der Waals surface area contributed by atoms with Gasteiger partial charge in [-0.05, 0) is 24.5 Å². The molecule has 0 bridgehead atoms. The van der Waals surface area contributed by atoms with E-state index < -0.39 is 0 Å². The summed E-state index contributed by atoms with van der Waals surface area (Å²) in [5.74, 6) is 0. The van der Waals surface area contributed by atoms with E-state index in [9.17, 15) is 0 Å². The Morgan fingerprint density at radius 2 is 1.44 bits per heavy atom. The molecule has 1 unspecified atom stereocenters. The summed E-state index contributed by atoms with van der Waals surface area (Å²) in [6.45, 7) is 6.10. The highest BCUT2D eigenvalue weighted by Crippen LogP contribution is 2.15. The molecule has 0 radical (unpaired) electrons. The highest BCUT2D eigenvalue weighted by atomic mass is 14.6. The van der Waals surface area contributed by atoms with Crippen molar-refractivity contribution in [3.8, 4) is 0 Å². The molecule has 1 nitrogen and oxygen atoms in total. The van der Waals surface area contributed by atoms with Gasteiger partial charge in [-0.3, -0.25) is 0 Å². The molecule has 2 N–H and O–H groups in total. The van der Waals surface area contributed by atoms with Gasteiger partial charge in [0.15, 0.2) is 0 Å². The maximum Gasteiger partial charge on any atom is 0.0335 e. The molecule has 0 saturated carbocycles. The van der Waals surface area contributed by atoms with Crippen LogP contribution in [0.25, 0.3) is 0 Å². The Bertz CT molecular complexity index is 431. The molecule has 0 aromatic heterocycles. The molecular formula is C17H23N. The molecule has 2 aromatic rings. The van der Waals surface area contributed by atoms with Gasteiger partial charge in [-0.25, -0.2) is 0 Å². The van der Waals surface area contributed by atoms with Crippen molar-refractivity contribution in [1.82, 2.24) is 0 Å². The lowest BCUT2D eigenvalue weighted by Gasteiger charge is -2.12. The van der Waals surface area contributed by atoms with Crippen LogP contribution >= 0.6 is 0 Å². The predicted octanol–water partition coefficient (Wildman–Crippen LogP) is 4.26.